The maximum absolute atomic E-state index is 11.6. The molecule has 0 saturated heterocycles. The number of furan rings is 1. The molecule has 1 heterocycles. The van der Waals surface area contributed by atoms with Crippen molar-refractivity contribution in [1.82, 2.24) is 5.43 Å². The van der Waals surface area contributed by atoms with Crippen molar-refractivity contribution in [1.29, 1.82) is 0 Å². The summed E-state index contributed by atoms with van der Waals surface area (Å²) in [6.07, 6.45) is 1.45. The van der Waals surface area contributed by atoms with Crippen molar-refractivity contribution in [2.75, 3.05) is 0 Å². The molecule has 2 rings (SSSR count). The van der Waals surface area contributed by atoms with E-state index in [1.807, 2.05) is 31.2 Å². The van der Waals surface area contributed by atoms with E-state index in [0.717, 1.165) is 14.8 Å². The number of hydrazone groups is 1. The van der Waals surface area contributed by atoms with Gasteiger partial charge in [-0.25, -0.2) is 5.43 Å². The number of rotatable bonds is 3. The Labute approximate surface area is 118 Å². The highest BCUT2D eigenvalue weighted by Gasteiger charge is 2.07. The second kappa shape index (κ2) is 5.81. The van der Waals surface area contributed by atoms with Crippen molar-refractivity contribution in [2.24, 2.45) is 5.10 Å². The number of carbonyl (C=O) groups excluding carboxylic acids is 1. The SMILES string of the molecule is C/C(=N/NC(=O)c1ccco1)c1ccc(I)cc1. The molecule has 0 bridgehead atoms. The van der Waals surface area contributed by atoms with Crippen LogP contribution in [0.1, 0.15) is 23.0 Å². The maximum Gasteiger partial charge on any atom is 0.307 e. The molecule has 5 heteroatoms. The number of benzene rings is 1. The van der Waals surface area contributed by atoms with Gasteiger partial charge in [0.05, 0.1) is 12.0 Å². The summed E-state index contributed by atoms with van der Waals surface area (Å²) in [5, 5.41) is 4.03. The first-order valence-electron chi connectivity index (χ1n) is 5.31. The Morgan fingerprint density at radius 2 is 2.00 bits per heavy atom. The second-order valence-corrected chi connectivity index (χ2v) is 4.87. The molecule has 0 atom stereocenters. The smallest absolute Gasteiger partial charge is 0.307 e. The largest absolute Gasteiger partial charge is 0.459 e. The number of nitrogens with one attached hydrogen (secondary N) is 1. The van der Waals surface area contributed by atoms with Crippen LogP contribution in [0.25, 0.3) is 0 Å². The van der Waals surface area contributed by atoms with Crippen LogP contribution in [-0.2, 0) is 0 Å². The molecule has 0 unspecified atom stereocenters. The van der Waals surface area contributed by atoms with E-state index in [4.69, 9.17) is 4.42 Å². The molecule has 0 aliphatic rings. The van der Waals surface area contributed by atoms with Crippen molar-refractivity contribution in [3.63, 3.8) is 0 Å². The topological polar surface area (TPSA) is 54.6 Å². The summed E-state index contributed by atoms with van der Waals surface area (Å²) in [5.41, 5.74) is 4.16. The minimum Gasteiger partial charge on any atom is -0.459 e. The fourth-order valence-corrected chi connectivity index (χ4v) is 1.71. The summed E-state index contributed by atoms with van der Waals surface area (Å²) >= 11 is 2.24. The quantitative estimate of drug-likeness (QED) is 0.523. The fraction of sp³-hybridized carbons (Fsp3) is 0.0769. The zero-order valence-corrected chi connectivity index (χ0v) is 11.8. The molecular weight excluding hydrogens is 343 g/mol. The molecule has 0 spiro atoms. The third-order valence-corrected chi connectivity index (χ3v) is 3.05. The van der Waals surface area contributed by atoms with Gasteiger partial charge in [-0.05, 0) is 59.3 Å². The van der Waals surface area contributed by atoms with Gasteiger partial charge in [-0.15, -0.1) is 0 Å². The summed E-state index contributed by atoms with van der Waals surface area (Å²) in [4.78, 5) is 11.6. The Kier molecular flexibility index (Phi) is 4.14. The average Bonchev–Trinajstić information content (AvgIpc) is 2.90. The number of hydrogen-bond donors (Lipinski definition) is 1. The highest BCUT2D eigenvalue weighted by atomic mass is 127. The Hall–Kier alpha value is -1.63. The second-order valence-electron chi connectivity index (χ2n) is 3.62. The van der Waals surface area contributed by atoms with Gasteiger partial charge in [-0.2, -0.15) is 5.10 Å². The molecule has 0 saturated carbocycles. The Bertz CT molecular complexity index is 559. The fourth-order valence-electron chi connectivity index (χ4n) is 1.35. The number of halogens is 1. The van der Waals surface area contributed by atoms with E-state index in [0.29, 0.717) is 0 Å². The van der Waals surface area contributed by atoms with Crippen molar-refractivity contribution in [3.05, 3.63) is 57.6 Å². The van der Waals surface area contributed by atoms with Crippen LogP contribution < -0.4 is 5.43 Å². The molecule has 0 fully saturated rings. The first kappa shape index (κ1) is 12.8. The first-order valence-corrected chi connectivity index (χ1v) is 6.39. The summed E-state index contributed by atoms with van der Waals surface area (Å²) < 4.78 is 6.12. The number of hydrogen-bond acceptors (Lipinski definition) is 3. The van der Waals surface area contributed by atoms with Crippen LogP contribution in [0, 0.1) is 3.57 Å². The molecule has 4 nitrogen and oxygen atoms in total. The molecule has 1 N–H and O–H groups in total. The van der Waals surface area contributed by atoms with Crippen LogP contribution in [0.15, 0.2) is 52.2 Å². The molecule has 1 amide bonds. The molecular formula is C13H11IN2O2. The maximum atomic E-state index is 11.6. The van der Waals surface area contributed by atoms with Crippen molar-refractivity contribution in [3.8, 4) is 0 Å². The van der Waals surface area contributed by atoms with Crippen molar-refractivity contribution >= 4 is 34.2 Å². The lowest BCUT2D eigenvalue weighted by Gasteiger charge is -2.01. The van der Waals surface area contributed by atoms with Crippen LogP contribution in [0.3, 0.4) is 0 Å². The number of carbonyl (C=O) groups is 1. The first-order chi connectivity index (χ1) is 8.66. The number of amides is 1. The lowest BCUT2D eigenvalue weighted by atomic mass is 10.1. The zero-order chi connectivity index (χ0) is 13.0. The summed E-state index contributed by atoms with van der Waals surface area (Å²) in [7, 11) is 0. The van der Waals surface area contributed by atoms with Gasteiger partial charge in [0.1, 0.15) is 0 Å². The zero-order valence-electron chi connectivity index (χ0n) is 9.68. The van der Waals surface area contributed by atoms with E-state index in [9.17, 15) is 4.79 Å². The third-order valence-electron chi connectivity index (χ3n) is 2.33. The van der Waals surface area contributed by atoms with E-state index < -0.39 is 0 Å². The van der Waals surface area contributed by atoms with E-state index in [1.165, 1.54) is 6.26 Å². The van der Waals surface area contributed by atoms with Gasteiger partial charge in [0.15, 0.2) is 5.76 Å². The lowest BCUT2D eigenvalue weighted by Crippen LogP contribution is -2.18. The molecule has 92 valence electrons. The predicted molar refractivity (Wildman–Crippen MR) is 77.5 cm³/mol. The van der Waals surface area contributed by atoms with Crippen LogP contribution in [0.5, 0.6) is 0 Å². The van der Waals surface area contributed by atoms with E-state index >= 15 is 0 Å². The predicted octanol–water partition coefficient (Wildman–Crippen LogP) is 3.04. The molecule has 1 aromatic heterocycles. The monoisotopic (exact) mass is 354 g/mol. The van der Waals surface area contributed by atoms with Crippen LogP contribution >= 0.6 is 22.6 Å². The highest BCUT2D eigenvalue weighted by molar-refractivity contribution is 14.1. The standard InChI is InChI=1S/C13H11IN2O2/c1-9(10-4-6-11(14)7-5-10)15-16-13(17)12-3-2-8-18-12/h2-8H,1H3,(H,16,17)/b15-9-. The highest BCUT2D eigenvalue weighted by Crippen LogP contribution is 2.07. The molecule has 0 aliphatic carbocycles. The van der Waals surface area contributed by atoms with Gasteiger partial charge in [-0.3, -0.25) is 4.79 Å². The Morgan fingerprint density at radius 3 is 2.61 bits per heavy atom. The number of nitrogens with zero attached hydrogens (tertiary/aromatic N) is 1. The van der Waals surface area contributed by atoms with Crippen molar-refractivity contribution in [2.45, 2.75) is 6.92 Å². The average molecular weight is 354 g/mol. The van der Waals surface area contributed by atoms with E-state index in [2.05, 4.69) is 33.1 Å². The van der Waals surface area contributed by atoms with E-state index in [-0.39, 0.29) is 11.7 Å². The van der Waals surface area contributed by atoms with Gasteiger partial charge < -0.3 is 4.42 Å². The third kappa shape index (κ3) is 3.19. The van der Waals surface area contributed by atoms with Gasteiger partial charge in [-0.1, -0.05) is 12.1 Å². The van der Waals surface area contributed by atoms with Crippen LogP contribution in [0.4, 0.5) is 0 Å². The van der Waals surface area contributed by atoms with Crippen molar-refractivity contribution < 1.29 is 9.21 Å². The summed E-state index contributed by atoms with van der Waals surface area (Å²) in [6, 6.07) is 11.1. The Balaban J connectivity index is 2.05. The summed E-state index contributed by atoms with van der Waals surface area (Å²) in [6.45, 7) is 1.84. The van der Waals surface area contributed by atoms with Gasteiger partial charge in [0.2, 0.25) is 0 Å². The normalized spacial score (nSPS) is 11.3. The van der Waals surface area contributed by atoms with Gasteiger partial charge in [0.25, 0.3) is 0 Å². The molecule has 1 aromatic carbocycles. The minimum absolute atomic E-state index is 0.245. The molecule has 2 aromatic rings. The van der Waals surface area contributed by atoms with Crippen LogP contribution in [-0.4, -0.2) is 11.6 Å². The van der Waals surface area contributed by atoms with Gasteiger partial charge >= 0.3 is 5.91 Å². The Morgan fingerprint density at radius 1 is 1.28 bits per heavy atom. The molecule has 18 heavy (non-hydrogen) atoms. The summed E-state index contributed by atoms with van der Waals surface area (Å²) in [5.74, 6) is -0.112. The minimum atomic E-state index is -0.357. The van der Waals surface area contributed by atoms with E-state index in [1.54, 1.807) is 12.1 Å². The van der Waals surface area contributed by atoms with Crippen LogP contribution in [0.2, 0.25) is 0 Å². The van der Waals surface area contributed by atoms with Gasteiger partial charge in [0, 0.05) is 3.57 Å². The molecule has 0 aliphatic heterocycles. The molecule has 0 radical (unpaired) electrons. The lowest BCUT2D eigenvalue weighted by molar-refractivity contribution is 0.0927.